The molecule has 0 spiro atoms. The van der Waals surface area contributed by atoms with Gasteiger partial charge < -0.3 is 14.6 Å². The van der Waals surface area contributed by atoms with Gasteiger partial charge in [-0.15, -0.1) is 0 Å². The van der Waals surface area contributed by atoms with Crippen LogP contribution in [0.4, 0.5) is 5.69 Å². The first-order valence-corrected chi connectivity index (χ1v) is 9.29. The molecule has 2 aromatic carbocycles. The van der Waals surface area contributed by atoms with Crippen LogP contribution in [0.2, 0.25) is 10.0 Å². The lowest BCUT2D eigenvalue weighted by molar-refractivity contribution is 0.0742. The summed E-state index contributed by atoms with van der Waals surface area (Å²) in [6.07, 6.45) is 1.43. The maximum Gasteiger partial charge on any atom is 0.291 e. The third kappa shape index (κ3) is 4.38. The highest BCUT2D eigenvalue weighted by atomic mass is 35.5. The predicted octanol–water partition coefficient (Wildman–Crippen LogP) is 5.67. The number of amides is 2. The van der Waals surface area contributed by atoms with Crippen LogP contribution in [0.25, 0.3) is 0 Å². The Hall–Kier alpha value is -2.76. The number of hydrogen-bond donors (Lipinski definition) is 1. The van der Waals surface area contributed by atoms with Crippen LogP contribution in [0.15, 0.2) is 65.3 Å². The molecule has 1 heterocycles. The second-order valence-corrected chi connectivity index (χ2v) is 7.11. The summed E-state index contributed by atoms with van der Waals surface area (Å²) < 4.78 is 5.05. The lowest BCUT2D eigenvalue weighted by atomic mass is 10.1. The molecule has 0 aliphatic carbocycles. The summed E-state index contributed by atoms with van der Waals surface area (Å²) in [5, 5.41) is 3.77. The van der Waals surface area contributed by atoms with Crippen molar-refractivity contribution in [2.45, 2.75) is 13.0 Å². The van der Waals surface area contributed by atoms with E-state index < -0.39 is 0 Å². The van der Waals surface area contributed by atoms with Gasteiger partial charge in [-0.1, -0.05) is 29.3 Å². The second kappa shape index (κ2) is 8.50. The van der Waals surface area contributed by atoms with E-state index >= 15 is 0 Å². The number of halogens is 2. The normalized spacial score (nSPS) is 11.7. The Morgan fingerprint density at radius 3 is 2.39 bits per heavy atom. The molecule has 1 N–H and O–H groups in total. The largest absolute Gasteiger partial charge is 0.459 e. The van der Waals surface area contributed by atoms with Crippen LogP contribution < -0.4 is 5.32 Å². The van der Waals surface area contributed by atoms with E-state index in [1.165, 1.54) is 6.26 Å². The Balaban J connectivity index is 1.70. The topological polar surface area (TPSA) is 62.6 Å². The van der Waals surface area contributed by atoms with Gasteiger partial charge in [0.05, 0.1) is 12.3 Å². The van der Waals surface area contributed by atoms with Gasteiger partial charge in [0.25, 0.3) is 11.8 Å². The third-order valence-electron chi connectivity index (χ3n) is 4.45. The summed E-state index contributed by atoms with van der Waals surface area (Å²) in [7, 11) is 1.71. The highest BCUT2D eigenvalue weighted by Crippen LogP contribution is 2.30. The SMILES string of the molecule is CC(c1ccc(Cl)cc1Cl)N(C)C(=O)c1ccc(NC(=O)c2ccco2)cc1. The highest BCUT2D eigenvalue weighted by molar-refractivity contribution is 6.35. The number of furan rings is 1. The van der Waals surface area contributed by atoms with Crippen LogP contribution in [-0.2, 0) is 0 Å². The van der Waals surface area contributed by atoms with Crippen molar-refractivity contribution < 1.29 is 14.0 Å². The van der Waals surface area contributed by atoms with Crippen molar-refractivity contribution in [1.82, 2.24) is 4.90 Å². The molecule has 1 atom stereocenters. The van der Waals surface area contributed by atoms with Gasteiger partial charge in [0, 0.05) is 28.3 Å². The number of nitrogens with one attached hydrogen (secondary N) is 1. The van der Waals surface area contributed by atoms with Gasteiger partial charge >= 0.3 is 0 Å². The molecule has 0 fully saturated rings. The number of rotatable bonds is 5. The minimum Gasteiger partial charge on any atom is -0.459 e. The first-order valence-electron chi connectivity index (χ1n) is 8.54. The van der Waals surface area contributed by atoms with E-state index in [0.717, 1.165) is 5.56 Å². The number of nitrogens with zero attached hydrogens (tertiary/aromatic N) is 1. The Bertz CT molecular complexity index is 985. The van der Waals surface area contributed by atoms with E-state index in [4.69, 9.17) is 27.6 Å². The molecule has 28 heavy (non-hydrogen) atoms. The molecule has 0 bridgehead atoms. The van der Waals surface area contributed by atoms with E-state index in [1.807, 2.05) is 13.0 Å². The molecule has 3 aromatic rings. The average molecular weight is 417 g/mol. The third-order valence-corrected chi connectivity index (χ3v) is 5.01. The van der Waals surface area contributed by atoms with Crippen molar-refractivity contribution in [1.29, 1.82) is 0 Å². The molecule has 7 heteroatoms. The zero-order valence-electron chi connectivity index (χ0n) is 15.3. The fourth-order valence-corrected chi connectivity index (χ4v) is 3.29. The second-order valence-electron chi connectivity index (χ2n) is 6.27. The summed E-state index contributed by atoms with van der Waals surface area (Å²) in [5.41, 5.74) is 1.87. The van der Waals surface area contributed by atoms with Gasteiger partial charge in [0.15, 0.2) is 5.76 Å². The van der Waals surface area contributed by atoms with Crippen LogP contribution in [-0.4, -0.2) is 23.8 Å². The molecule has 3 rings (SSSR count). The van der Waals surface area contributed by atoms with Crippen molar-refractivity contribution in [3.05, 3.63) is 87.8 Å². The summed E-state index contributed by atoms with van der Waals surface area (Å²) in [5.74, 6) is -0.303. The monoisotopic (exact) mass is 416 g/mol. The van der Waals surface area contributed by atoms with Gasteiger partial charge in [-0.2, -0.15) is 0 Å². The fourth-order valence-electron chi connectivity index (χ4n) is 2.73. The van der Waals surface area contributed by atoms with Crippen LogP contribution in [0.3, 0.4) is 0 Å². The van der Waals surface area contributed by atoms with Crippen molar-refractivity contribution in [2.75, 3.05) is 12.4 Å². The average Bonchev–Trinajstić information content (AvgIpc) is 3.22. The summed E-state index contributed by atoms with van der Waals surface area (Å²) >= 11 is 12.2. The first kappa shape index (κ1) is 20.0. The molecule has 2 amide bonds. The Morgan fingerprint density at radius 1 is 1.07 bits per heavy atom. The summed E-state index contributed by atoms with van der Waals surface area (Å²) in [6.45, 7) is 1.89. The summed E-state index contributed by atoms with van der Waals surface area (Å²) in [6, 6.07) is 14.8. The molecule has 5 nitrogen and oxygen atoms in total. The fraction of sp³-hybridized carbons (Fsp3) is 0.143. The molecule has 0 saturated carbocycles. The van der Waals surface area contributed by atoms with E-state index in [-0.39, 0.29) is 23.6 Å². The molecule has 1 aromatic heterocycles. The first-order chi connectivity index (χ1) is 13.4. The number of carbonyl (C=O) groups is 2. The number of benzene rings is 2. The smallest absolute Gasteiger partial charge is 0.291 e. The number of hydrogen-bond acceptors (Lipinski definition) is 3. The van der Waals surface area contributed by atoms with Crippen molar-refractivity contribution in [3.63, 3.8) is 0 Å². The zero-order valence-corrected chi connectivity index (χ0v) is 16.8. The van der Waals surface area contributed by atoms with E-state index in [9.17, 15) is 9.59 Å². The molecule has 1 unspecified atom stereocenters. The lowest BCUT2D eigenvalue weighted by Gasteiger charge is -2.26. The lowest BCUT2D eigenvalue weighted by Crippen LogP contribution is -2.29. The predicted molar refractivity (Wildman–Crippen MR) is 110 cm³/mol. The molecular weight excluding hydrogens is 399 g/mol. The maximum absolute atomic E-state index is 12.8. The van der Waals surface area contributed by atoms with Gasteiger partial charge in [0.1, 0.15) is 0 Å². The molecule has 0 saturated heterocycles. The van der Waals surface area contributed by atoms with Crippen LogP contribution in [0.5, 0.6) is 0 Å². The van der Waals surface area contributed by atoms with Gasteiger partial charge in [-0.3, -0.25) is 9.59 Å². The van der Waals surface area contributed by atoms with Gasteiger partial charge in [0.2, 0.25) is 0 Å². The van der Waals surface area contributed by atoms with Crippen molar-refractivity contribution >= 4 is 40.7 Å². The molecule has 0 aliphatic heterocycles. The van der Waals surface area contributed by atoms with E-state index in [2.05, 4.69) is 5.32 Å². The van der Waals surface area contributed by atoms with E-state index in [0.29, 0.717) is 21.3 Å². The minimum atomic E-state index is -0.354. The maximum atomic E-state index is 12.8. The minimum absolute atomic E-state index is 0.164. The standard InChI is InChI=1S/C21H18Cl2N2O3/c1-13(17-10-7-15(22)12-18(17)23)25(2)21(27)14-5-8-16(9-6-14)24-20(26)19-4-3-11-28-19/h3-13H,1-2H3,(H,24,26). The zero-order chi connectivity index (χ0) is 20.3. The van der Waals surface area contributed by atoms with Crippen LogP contribution in [0, 0.1) is 0 Å². The summed E-state index contributed by atoms with van der Waals surface area (Å²) in [4.78, 5) is 26.4. The van der Waals surface area contributed by atoms with Crippen LogP contribution in [0.1, 0.15) is 39.4 Å². The van der Waals surface area contributed by atoms with Crippen molar-refractivity contribution in [2.24, 2.45) is 0 Å². The molecule has 144 valence electrons. The molecule has 0 radical (unpaired) electrons. The number of carbonyl (C=O) groups excluding carboxylic acids is 2. The quantitative estimate of drug-likeness (QED) is 0.582. The molecule has 0 aliphatic rings. The Morgan fingerprint density at radius 2 is 1.79 bits per heavy atom. The number of anilines is 1. The van der Waals surface area contributed by atoms with Crippen molar-refractivity contribution in [3.8, 4) is 0 Å². The Labute approximate surface area is 172 Å². The Kier molecular flexibility index (Phi) is 6.07. The molecular formula is C21H18Cl2N2O3. The van der Waals surface area contributed by atoms with E-state index in [1.54, 1.807) is 60.5 Å². The van der Waals surface area contributed by atoms with Gasteiger partial charge in [-0.05, 0) is 61.0 Å². The highest BCUT2D eigenvalue weighted by Gasteiger charge is 2.21. The van der Waals surface area contributed by atoms with Crippen LogP contribution >= 0.6 is 23.2 Å². The van der Waals surface area contributed by atoms with Gasteiger partial charge in [-0.25, -0.2) is 0 Å².